The van der Waals surface area contributed by atoms with Crippen LogP contribution in [-0.4, -0.2) is 217 Å². The first-order valence-corrected chi connectivity index (χ1v) is 19.6. The number of rotatable bonds is 28. The van der Waals surface area contributed by atoms with Crippen LogP contribution >= 0.6 is 0 Å². The Morgan fingerprint density at radius 3 is 1.29 bits per heavy atom. The second-order valence-electron chi connectivity index (χ2n) is 14.9. The highest BCUT2D eigenvalue weighted by Gasteiger charge is 2.53. The van der Waals surface area contributed by atoms with Gasteiger partial charge in [0.25, 0.3) is 0 Å². The Balaban J connectivity index is 2.45. The third-order valence-corrected chi connectivity index (χ3v) is 8.76. The zero-order chi connectivity index (χ0) is 47.6. The highest BCUT2D eigenvalue weighted by molar-refractivity contribution is 5.88. The number of carbonyl (C=O) groups excluding carboxylic acids is 4. The van der Waals surface area contributed by atoms with Crippen LogP contribution in [0.3, 0.4) is 0 Å². The van der Waals surface area contributed by atoms with E-state index in [-0.39, 0.29) is 22.3 Å². The summed E-state index contributed by atoms with van der Waals surface area (Å²) in [4.78, 5) is 47.5. The summed E-state index contributed by atoms with van der Waals surface area (Å²) < 4.78 is 60.9. The predicted octanol–water partition coefficient (Wildman–Crippen LogP) is -3.38. The van der Waals surface area contributed by atoms with Gasteiger partial charge in [0.2, 0.25) is 0 Å². The Morgan fingerprint density at radius 2 is 0.873 bits per heavy atom. The number of hydrogen-bond acceptors (Lipinski definition) is 23. The maximum absolute atomic E-state index is 12.0. The average Bonchev–Trinajstić information content (AvgIpc) is 3.23. The molecule has 0 bridgehead atoms. The SMILES string of the molecule is C=C(C)C(=O)OCC(O)COC[C@H]1O[C@@H](O[C@H]2[C@H](OCC(O)COC(=O)C(=C)C)[C@@H](OCC(O)COC(=O)C(=C)C)[C@@H](OCC(O)COC(=O)C(=C)C)O[C@@H]2CO)[C@H](O)[C@@H](O)[C@H]1O. The van der Waals surface area contributed by atoms with Crippen LogP contribution in [0.1, 0.15) is 27.7 Å². The van der Waals surface area contributed by atoms with Gasteiger partial charge in [0.1, 0.15) is 99.7 Å². The van der Waals surface area contributed by atoms with Crippen LogP contribution in [0.25, 0.3) is 0 Å². The first-order valence-electron chi connectivity index (χ1n) is 19.6. The lowest BCUT2D eigenvalue weighted by molar-refractivity contribution is -0.369. The van der Waals surface area contributed by atoms with E-state index in [0.29, 0.717) is 0 Å². The number of esters is 4. The molecule has 2 saturated heterocycles. The third kappa shape index (κ3) is 18.7. The van der Waals surface area contributed by atoms with Crippen LogP contribution in [-0.2, 0) is 71.3 Å². The highest BCUT2D eigenvalue weighted by atomic mass is 16.8. The van der Waals surface area contributed by atoms with Gasteiger partial charge in [-0.3, -0.25) is 0 Å². The van der Waals surface area contributed by atoms with E-state index in [9.17, 15) is 60.0 Å². The smallest absolute Gasteiger partial charge is 0.333 e. The van der Waals surface area contributed by atoms with Gasteiger partial charge in [-0.1, -0.05) is 26.3 Å². The van der Waals surface area contributed by atoms with Gasteiger partial charge < -0.3 is 93.0 Å². The number of aliphatic hydroxyl groups is 8. The van der Waals surface area contributed by atoms with Crippen LogP contribution < -0.4 is 0 Å². The number of carbonyl (C=O) groups is 4. The van der Waals surface area contributed by atoms with E-state index < -0.39 is 176 Å². The zero-order valence-corrected chi connectivity index (χ0v) is 35.7. The second-order valence-corrected chi connectivity index (χ2v) is 14.9. The minimum atomic E-state index is -1.99. The van der Waals surface area contributed by atoms with Gasteiger partial charge in [-0.05, 0) is 27.7 Å². The van der Waals surface area contributed by atoms with Crippen molar-refractivity contribution < 1.29 is 112 Å². The summed E-state index contributed by atoms with van der Waals surface area (Å²) in [6, 6.07) is 0. The summed E-state index contributed by atoms with van der Waals surface area (Å²) in [5, 5.41) is 85.4. The number of hydrogen-bond donors (Lipinski definition) is 8. The molecular weight excluding hydrogens is 848 g/mol. The molecule has 0 aromatic carbocycles. The van der Waals surface area contributed by atoms with Crippen molar-refractivity contribution in [3.8, 4) is 0 Å². The molecule has 4 unspecified atom stereocenters. The van der Waals surface area contributed by atoms with E-state index in [1.54, 1.807) is 0 Å². The molecule has 0 amide bonds. The fraction of sp³-hybridized carbons (Fsp3) is 0.700. The number of aliphatic hydroxyl groups excluding tert-OH is 8. The summed E-state index contributed by atoms with van der Waals surface area (Å²) in [7, 11) is 0. The fourth-order valence-electron chi connectivity index (χ4n) is 5.35. The molecule has 2 heterocycles. The maximum atomic E-state index is 12.0. The first-order chi connectivity index (χ1) is 29.6. The highest BCUT2D eigenvalue weighted by Crippen LogP contribution is 2.33. The van der Waals surface area contributed by atoms with Crippen LogP contribution in [0.4, 0.5) is 0 Å². The molecule has 0 saturated carbocycles. The largest absolute Gasteiger partial charge is 0.460 e. The molecule has 2 fully saturated rings. The monoisotopic (exact) mass is 910 g/mol. The molecule has 8 N–H and O–H groups in total. The number of ether oxygens (including phenoxy) is 11. The van der Waals surface area contributed by atoms with E-state index in [4.69, 9.17) is 52.1 Å². The Hall–Kier alpha value is -3.76. The molecule has 23 nitrogen and oxygen atoms in total. The Kier molecular flexibility index (Phi) is 24.2. The molecule has 360 valence electrons. The molecule has 0 radical (unpaired) electrons. The lowest BCUT2D eigenvalue weighted by atomic mass is 9.96. The molecule has 0 aromatic rings. The summed E-state index contributed by atoms with van der Waals surface area (Å²) in [6.07, 6.45) is -22.8. The van der Waals surface area contributed by atoms with E-state index in [1.807, 2.05) is 0 Å². The molecule has 63 heavy (non-hydrogen) atoms. The van der Waals surface area contributed by atoms with Crippen molar-refractivity contribution in [2.75, 3.05) is 66.1 Å². The lowest BCUT2D eigenvalue weighted by Crippen LogP contribution is -2.66. The van der Waals surface area contributed by atoms with E-state index in [1.165, 1.54) is 27.7 Å². The Labute approximate surface area is 363 Å². The molecule has 2 aliphatic rings. The van der Waals surface area contributed by atoms with Crippen LogP contribution in [0.2, 0.25) is 0 Å². The molecule has 0 aromatic heterocycles. The van der Waals surface area contributed by atoms with Crippen LogP contribution in [0.15, 0.2) is 48.6 Å². The molecule has 0 aliphatic carbocycles. The zero-order valence-electron chi connectivity index (χ0n) is 35.7. The van der Waals surface area contributed by atoms with Crippen molar-refractivity contribution in [2.45, 2.75) is 114 Å². The van der Waals surface area contributed by atoms with Crippen molar-refractivity contribution in [2.24, 2.45) is 0 Å². The van der Waals surface area contributed by atoms with Gasteiger partial charge in [0.05, 0.1) is 39.6 Å². The summed E-state index contributed by atoms with van der Waals surface area (Å²) in [5.74, 6) is -3.20. The van der Waals surface area contributed by atoms with Gasteiger partial charge in [-0.25, -0.2) is 19.2 Å². The second kappa shape index (κ2) is 27.5. The third-order valence-electron chi connectivity index (χ3n) is 8.76. The van der Waals surface area contributed by atoms with Crippen LogP contribution in [0, 0.1) is 0 Å². The standard InChI is InChI=1S/C40H62O23/c1-19(2)35(49)56-13-23(42)10-53-18-28-29(46)30(47)31(48)39(62-28)63-32-27(9-41)61-40(60-17-26(45)16-59-38(52)22(7)8)34(55-12-25(44)15-58-37(51)21(5)6)33(32)54-11-24(43)14-57-36(50)20(3)4/h23-34,39-48H,1,3,5,7,9-18H2,2,4,6,8H3/t23?,24?,25?,26?,27-,28-,29+,30+,31-,32-,33+,34-,39+,40+/m1/s1. The maximum Gasteiger partial charge on any atom is 0.333 e. The summed E-state index contributed by atoms with van der Waals surface area (Å²) >= 11 is 0. The van der Waals surface area contributed by atoms with E-state index in [2.05, 4.69) is 26.3 Å². The summed E-state index contributed by atoms with van der Waals surface area (Å²) in [5.41, 5.74) is 0.224. The molecule has 14 atom stereocenters. The predicted molar refractivity (Wildman–Crippen MR) is 211 cm³/mol. The molecular formula is C40H62O23. The van der Waals surface area contributed by atoms with Gasteiger partial charge in [-0.2, -0.15) is 0 Å². The fourth-order valence-corrected chi connectivity index (χ4v) is 5.35. The van der Waals surface area contributed by atoms with E-state index >= 15 is 0 Å². The Bertz CT molecular complexity index is 1540. The minimum Gasteiger partial charge on any atom is -0.460 e. The van der Waals surface area contributed by atoms with Crippen LogP contribution in [0.5, 0.6) is 0 Å². The average molecular weight is 911 g/mol. The van der Waals surface area contributed by atoms with Crippen molar-refractivity contribution in [1.29, 1.82) is 0 Å². The lowest BCUT2D eigenvalue weighted by Gasteiger charge is -2.48. The topological polar surface area (TPSA) is 332 Å². The van der Waals surface area contributed by atoms with E-state index in [0.717, 1.165) is 0 Å². The normalized spacial score (nSPS) is 27.8. The van der Waals surface area contributed by atoms with Crippen molar-refractivity contribution in [3.63, 3.8) is 0 Å². The molecule has 2 aliphatic heterocycles. The molecule has 0 spiro atoms. The molecule has 2 rings (SSSR count). The van der Waals surface area contributed by atoms with Crippen molar-refractivity contribution in [3.05, 3.63) is 48.6 Å². The Morgan fingerprint density at radius 1 is 0.492 bits per heavy atom. The quantitative estimate of drug-likeness (QED) is 0.0216. The van der Waals surface area contributed by atoms with Gasteiger partial charge >= 0.3 is 23.9 Å². The van der Waals surface area contributed by atoms with Crippen molar-refractivity contribution in [1.82, 2.24) is 0 Å². The minimum absolute atomic E-state index is 0.0339. The van der Waals surface area contributed by atoms with Gasteiger partial charge in [0, 0.05) is 22.3 Å². The van der Waals surface area contributed by atoms with Crippen molar-refractivity contribution >= 4 is 23.9 Å². The van der Waals surface area contributed by atoms with Gasteiger partial charge in [0.15, 0.2) is 12.6 Å². The summed E-state index contributed by atoms with van der Waals surface area (Å²) in [6.45, 7) is 13.4. The molecule has 23 heteroatoms. The first kappa shape index (κ1) is 55.4. The van der Waals surface area contributed by atoms with Gasteiger partial charge in [-0.15, -0.1) is 0 Å².